The average molecular weight is 223 g/mol. The number of halogens is 1. The second-order valence-electron chi connectivity index (χ2n) is 4.52. The van der Waals surface area contributed by atoms with Crippen LogP contribution in [-0.4, -0.2) is 29.2 Å². The molecule has 16 heavy (non-hydrogen) atoms. The first-order chi connectivity index (χ1) is 7.70. The number of hydrogen-bond donors (Lipinski definition) is 1. The largest absolute Gasteiger partial charge is 0.395 e. The lowest BCUT2D eigenvalue weighted by molar-refractivity contribution is 0.153. The Morgan fingerprint density at radius 1 is 1.50 bits per heavy atom. The van der Waals surface area contributed by atoms with Crippen LogP contribution >= 0.6 is 0 Å². The van der Waals surface area contributed by atoms with Crippen LogP contribution in [0.15, 0.2) is 18.2 Å². The molecule has 1 aliphatic rings. The molecule has 1 unspecified atom stereocenters. The smallest absolute Gasteiger partial charge is 0.123 e. The molecule has 88 valence electrons. The quantitative estimate of drug-likeness (QED) is 0.848. The first-order valence-electron chi connectivity index (χ1n) is 5.80. The van der Waals surface area contributed by atoms with E-state index in [1.54, 1.807) is 6.07 Å². The molecule has 1 atom stereocenters. The number of nitrogens with zero attached hydrogens (tertiary/aromatic N) is 1. The van der Waals surface area contributed by atoms with Crippen LogP contribution in [0.5, 0.6) is 0 Å². The van der Waals surface area contributed by atoms with Crippen molar-refractivity contribution in [2.75, 3.05) is 13.2 Å². The van der Waals surface area contributed by atoms with Crippen LogP contribution < -0.4 is 0 Å². The van der Waals surface area contributed by atoms with E-state index in [1.807, 2.05) is 13.0 Å². The van der Waals surface area contributed by atoms with Gasteiger partial charge in [-0.1, -0.05) is 6.07 Å². The Bertz CT molecular complexity index is 367. The Balaban J connectivity index is 2.11. The number of rotatable bonds is 3. The van der Waals surface area contributed by atoms with Crippen LogP contribution in [0.25, 0.3) is 0 Å². The summed E-state index contributed by atoms with van der Waals surface area (Å²) in [7, 11) is 0. The third kappa shape index (κ3) is 2.42. The molecule has 1 aliphatic heterocycles. The molecule has 1 N–H and O–H groups in total. The van der Waals surface area contributed by atoms with Gasteiger partial charge >= 0.3 is 0 Å². The number of likely N-dealkylation sites (tertiary alicyclic amines) is 1. The van der Waals surface area contributed by atoms with Gasteiger partial charge in [-0.2, -0.15) is 0 Å². The molecule has 2 nitrogen and oxygen atoms in total. The van der Waals surface area contributed by atoms with Crippen molar-refractivity contribution in [3.05, 3.63) is 35.1 Å². The van der Waals surface area contributed by atoms with Crippen molar-refractivity contribution in [3.63, 3.8) is 0 Å². The fourth-order valence-electron chi connectivity index (χ4n) is 2.34. The number of benzene rings is 1. The molecular formula is C13H18FNO. The summed E-state index contributed by atoms with van der Waals surface area (Å²) in [4.78, 5) is 2.24. The summed E-state index contributed by atoms with van der Waals surface area (Å²) in [5.74, 6) is -0.180. The van der Waals surface area contributed by atoms with E-state index in [0.29, 0.717) is 0 Å². The minimum Gasteiger partial charge on any atom is -0.395 e. The Morgan fingerprint density at radius 3 is 3.06 bits per heavy atom. The van der Waals surface area contributed by atoms with E-state index in [2.05, 4.69) is 4.90 Å². The van der Waals surface area contributed by atoms with Crippen LogP contribution in [-0.2, 0) is 6.54 Å². The van der Waals surface area contributed by atoms with Crippen molar-refractivity contribution in [2.24, 2.45) is 0 Å². The predicted molar refractivity (Wildman–Crippen MR) is 61.7 cm³/mol. The molecule has 1 saturated heterocycles. The van der Waals surface area contributed by atoms with Crippen molar-refractivity contribution < 1.29 is 9.50 Å². The minimum absolute atomic E-state index is 0.180. The molecule has 2 rings (SSSR count). The number of aliphatic hydroxyl groups excluding tert-OH is 1. The molecule has 0 saturated carbocycles. The molecule has 0 aromatic heterocycles. The van der Waals surface area contributed by atoms with Gasteiger partial charge in [-0.25, -0.2) is 4.39 Å². The summed E-state index contributed by atoms with van der Waals surface area (Å²) in [5.41, 5.74) is 2.14. The molecular weight excluding hydrogens is 205 g/mol. The van der Waals surface area contributed by atoms with Crippen molar-refractivity contribution in [1.82, 2.24) is 4.90 Å². The lowest BCUT2D eigenvalue weighted by Crippen LogP contribution is -2.31. The summed E-state index contributed by atoms with van der Waals surface area (Å²) in [6.45, 7) is 3.95. The minimum atomic E-state index is -0.180. The van der Waals surface area contributed by atoms with Crippen LogP contribution in [0, 0.1) is 12.7 Å². The molecule has 0 amide bonds. The summed E-state index contributed by atoms with van der Waals surface area (Å²) >= 11 is 0. The molecule has 1 aromatic rings. The lowest BCUT2D eigenvalue weighted by Gasteiger charge is -2.23. The molecule has 0 aliphatic carbocycles. The summed E-state index contributed by atoms with van der Waals surface area (Å²) in [5, 5.41) is 9.22. The van der Waals surface area contributed by atoms with Crippen molar-refractivity contribution in [3.8, 4) is 0 Å². The van der Waals surface area contributed by atoms with Gasteiger partial charge in [-0.15, -0.1) is 0 Å². The highest BCUT2D eigenvalue weighted by Gasteiger charge is 2.23. The summed E-state index contributed by atoms with van der Waals surface area (Å²) < 4.78 is 13.1. The zero-order valence-corrected chi connectivity index (χ0v) is 9.62. The van der Waals surface area contributed by atoms with Gasteiger partial charge in [0.2, 0.25) is 0 Å². The number of hydrogen-bond acceptors (Lipinski definition) is 2. The second-order valence-corrected chi connectivity index (χ2v) is 4.52. The maximum Gasteiger partial charge on any atom is 0.123 e. The van der Waals surface area contributed by atoms with E-state index in [4.69, 9.17) is 0 Å². The predicted octanol–water partition coefficient (Wildman–Crippen LogP) is 2.09. The standard InChI is InChI=1S/C13H18FNO/c1-10-4-5-12(14)7-11(10)8-15-6-2-3-13(15)9-16/h4-5,7,13,16H,2-3,6,8-9H2,1H3. The van der Waals surface area contributed by atoms with Gasteiger partial charge in [-0.05, 0) is 49.6 Å². The first kappa shape index (κ1) is 11.6. The third-order valence-corrected chi connectivity index (χ3v) is 3.39. The molecule has 0 spiro atoms. The van der Waals surface area contributed by atoms with E-state index in [9.17, 15) is 9.50 Å². The molecule has 3 heteroatoms. The van der Waals surface area contributed by atoms with Crippen LogP contribution in [0.4, 0.5) is 4.39 Å². The molecule has 0 bridgehead atoms. The lowest BCUT2D eigenvalue weighted by atomic mass is 10.1. The van der Waals surface area contributed by atoms with Gasteiger partial charge in [0.15, 0.2) is 0 Å². The highest BCUT2D eigenvalue weighted by Crippen LogP contribution is 2.21. The van der Waals surface area contributed by atoms with E-state index >= 15 is 0 Å². The normalized spacial score (nSPS) is 21.6. The van der Waals surface area contributed by atoms with Gasteiger partial charge in [0.1, 0.15) is 5.82 Å². The van der Waals surface area contributed by atoms with E-state index in [1.165, 1.54) is 6.07 Å². The summed E-state index contributed by atoms with van der Waals surface area (Å²) in [6, 6.07) is 5.16. The SMILES string of the molecule is Cc1ccc(F)cc1CN1CCCC1CO. The van der Waals surface area contributed by atoms with Crippen molar-refractivity contribution in [2.45, 2.75) is 32.4 Å². The van der Waals surface area contributed by atoms with Gasteiger partial charge < -0.3 is 5.11 Å². The monoisotopic (exact) mass is 223 g/mol. The fraction of sp³-hybridized carbons (Fsp3) is 0.538. The maximum atomic E-state index is 13.1. The van der Waals surface area contributed by atoms with Gasteiger partial charge in [-0.3, -0.25) is 4.90 Å². The zero-order chi connectivity index (χ0) is 11.5. The van der Waals surface area contributed by atoms with E-state index in [-0.39, 0.29) is 18.5 Å². The Hall–Kier alpha value is -0.930. The van der Waals surface area contributed by atoms with Crippen molar-refractivity contribution in [1.29, 1.82) is 0 Å². The Kier molecular flexibility index (Phi) is 3.56. The average Bonchev–Trinajstić information content (AvgIpc) is 2.71. The van der Waals surface area contributed by atoms with Crippen LogP contribution in [0.2, 0.25) is 0 Å². The van der Waals surface area contributed by atoms with Crippen LogP contribution in [0.1, 0.15) is 24.0 Å². The zero-order valence-electron chi connectivity index (χ0n) is 9.62. The topological polar surface area (TPSA) is 23.5 Å². The van der Waals surface area contributed by atoms with Crippen molar-refractivity contribution >= 4 is 0 Å². The van der Waals surface area contributed by atoms with E-state index in [0.717, 1.165) is 37.1 Å². The maximum absolute atomic E-state index is 13.1. The first-order valence-corrected chi connectivity index (χ1v) is 5.80. The van der Waals surface area contributed by atoms with E-state index < -0.39 is 0 Å². The van der Waals surface area contributed by atoms with Gasteiger partial charge in [0.05, 0.1) is 6.61 Å². The highest BCUT2D eigenvalue weighted by molar-refractivity contribution is 5.26. The highest BCUT2D eigenvalue weighted by atomic mass is 19.1. The third-order valence-electron chi connectivity index (χ3n) is 3.39. The Labute approximate surface area is 95.7 Å². The second kappa shape index (κ2) is 4.93. The molecule has 0 radical (unpaired) electrons. The molecule has 1 fully saturated rings. The molecule has 1 aromatic carbocycles. The molecule has 1 heterocycles. The van der Waals surface area contributed by atoms with Gasteiger partial charge in [0, 0.05) is 12.6 Å². The fourth-order valence-corrected chi connectivity index (χ4v) is 2.34. The van der Waals surface area contributed by atoms with Gasteiger partial charge in [0.25, 0.3) is 0 Å². The number of aryl methyl sites for hydroxylation is 1. The summed E-state index contributed by atoms with van der Waals surface area (Å²) in [6.07, 6.45) is 2.17. The van der Waals surface area contributed by atoms with Crippen LogP contribution in [0.3, 0.4) is 0 Å². The Morgan fingerprint density at radius 2 is 2.31 bits per heavy atom. The number of aliphatic hydroxyl groups is 1.